The van der Waals surface area contributed by atoms with Crippen LogP contribution in [0.4, 0.5) is 4.79 Å². The summed E-state index contributed by atoms with van der Waals surface area (Å²) in [5, 5.41) is 2.93. The zero-order valence-corrected chi connectivity index (χ0v) is 22.2. The molecular weight excluding hydrogens is 488 g/mol. The summed E-state index contributed by atoms with van der Waals surface area (Å²) in [4.78, 5) is 44.7. The lowest BCUT2D eigenvalue weighted by atomic mass is 9.93. The van der Waals surface area contributed by atoms with Crippen molar-refractivity contribution in [1.82, 2.24) is 20.0 Å². The number of likely N-dealkylation sites (N-methyl/N-ethyl adjacent to an activating group) is 1. The number of nitrogens with one attached hydrogen (secondary N) is 1. The van der Waals surface area contributed by atoms with Crippen LogP contribution in [0.2, 0.25) is 0 Å². The van der Waals surface area contributed by atoms with Crippen LogP contribution in [0.1, 0.15) is 28.9 Å². The second kappa shape index (κ2) is 12.0. The highest BCUT2D eigenvalue weighted by Crippen LogP contribution is 2.35. The molecule has 1 N–H and O–H groups in total. The second-order valence-corrected chi connectivity index (χ2v) is 9.10. The number of piperazine rings is 1. The van der Waals surface area contributed by atoms with Gasteiger partial charge in [-0.25, -0.2) is 9.59 Å². The van der Waals surface area contributed by atoms with Gasteiger partial charge < -0.3 is 24.4 Å². The van der Waals surface area contributed by atoms with Gasteiger partial charge in [-0.2, -0.15) is 0 Å². The molecule has 0 bridgehead atoms. The van der Waals surface area contributed by atoms with Crippen LogP contribution in [0.15, 0.2) is 59.8 Å². The van der Waals surface area contributed by atoms with Gasteiger partial charge in [0.25, 0.3) is 5.91 Å². The Hall–Kier alpha value is -4.05. The molecule has 1 atom stereocenters. The molecular formula is C28H34N4O6. The molecule has 0 aliphatic carbocycles. The van der Waals surface area contributed by atoms with Crippen molar-refractivity contribution in [2.75, 3.05) is 60.6 Å². The fourth-order valence-corrected chi connectivity index (χ4v) is 4.73. The number of amides is 3. The third-order valence-corrected chi connectivity index (χ3v) is 6.83. The molecule has 2 heterocycles. The minimum Gasteiger partial charge on any atom is -0.497 e. The lowest BCUT2D eigenvalue weighted by molar-refractivity contribution is -0.139. The first-order valence-electron chi connectivity index (χ1n) is 12.6. The molecule has 2 aromatic rings. The van der Waals surface area contributed by atoms with E-state index in [1.54, 1.807) is 46.4 Å². The number of nitrogens with zero attached hydrogens (tertiary/aromatic N) is 3. The summed E-state index contributed by atoms with van der Waals surface area (Å²) in [6, 6.07) is 13.4. The van der Waals surface area contributed by atoms with E-state index < -0.39 is 12.0 Å². The van der Waals surface area contributed by atoms with Crippen LogP contribution in [0.25, 0.3) is 0 Å². The smallest absolute Gasteiger partial charge is 0.338 e. The molecule has 1 fully saturated rings. The van der Waals surface area contributed by atoms with Gasteiger partial charge in [0.2, 0.25) is 0 Å². The number of carbonyl (C=O) groups is 3. The van der Waals surface area contributed by atoms with Gasteiger partial charge in [-0.05, 0) is 36.8 Å². The number of hydrogen-bond acceptors (Lipinski definition) is 7. The van der Waals surface area contributed by atoms with Crippen molar-refractivity contribution in [2.45, 2.75) is 13.0 Å². The Kier molecular flexibility index (Phi) is 8.52. The maximum Gasteiger partial charge on any atom is 0.338 e. The zero-order valence-electron chi connectivity index (χ0n) is 22.2. The monoisotopic (exact) mass is 522 g/mol. The fraction of sp³-hybridized carbons (Fsp3) is 0.393. The van der Waals surface area contributed by atoms with Crippen molar-refractivity contribution in [1.29, 1.82) is 0 Å². The summed E-state index contributed by atoms with van der Waals surface area (Å²) in [6.07, 6.45) is 0. The number of rotatable bonds is 8. The quantitative estimate of drug-likeness (QED) is 0.532. The van der Waals surface area contributed by atoms with Gasteiger partial charge in [-0.15, -0.1) is 0 Å². The van der Waals surface area contributed by atoms with Gasteiger partial charge >= 0.3 is 12.0 Å². The highest BCUT2D eigenvalue weighted by molar-refractivity contribution is 5.95. The summed E-state index contributed by atoms with van der Waals surface area (Å²) >= 11 is 0. The molecule has 10 nitrogen and oxygen atoms in total. The lowest BCUT2D eigenvalue weighted by Crippen LogP contribution is -2.53. The molecule has 0 radical (unpaired) electrons. The summed E-state index contributed by atoms with van der Waals surface area (Å²) in [6.45, 7) is 4.58. The lowest BCUT2D eigenvalue weighted by Gasteiger charge is -2.39. The molecule has 0 aromatic heterocycles. The van der Waals surface area contributed by atoms with E-state index >= 15 is 0 Å². The summed E-state index contributed by atoms with van der Waals surface area (Å²) in [5.41, 5.74) is 2.21. The van der Waals surface area contributed by atoms with E-state index in [-0.39, 0.29) is 18.5 Å². The average Bonchev–Trinajstić information content (AvgIpc) is 2.95. The summed E-state index contributed by atoms with van der Waals surface area (Å²) in [7, 11) is 4.73. The number of carbonyl (C=O) groups excluding carboxylic acids is 3. The average molecular weight is 523 g/mol. The van der Waals surface area contributed by atoms with E-state index in [0.717, 1.165) is 0 Å². The normalized spacial score (nSPS) is 18.2. The molecule has 2 aliphatic heterocycles. The standard InChI is InChI=1S/C28H34N4O6/c1-5-38-27(34)24-23(18-31-11-13-32(14-12-31)26(33)19-9-7-6-8-10-19)30(2)28(35)29-25(24)20-15-21(36-3)17-22(16-20)37-4/h6-10,15-17,25H,5,11-14,18H2,1-4H3,(H,29,35)/t25-/m0/s1. The van der Waals surface area contributed by atoms with Crippen molar-refractivity contribution in [3.63, 3.8) is 0 Å². The molecule has 10 heteroatoms. The van der Waals surface area contributed by atoms with Gasteiger partial charge in [-0.1, -0.05) is 18.2 Å². The van der Waals surface area contributed by atoms with Gasteiger partial charge in [0, 0.05) is 57.1 Å². The summed E-state index contributed by atoms with van der Waals surface area (Å²) in [5.74, 6) is 0.574. The van der Waals surface area contributed by atoms with E-state index in [4.69, 9.17) is 14.2 Å². The van der Waals surface area contributed by atoms with E-state index in [0.29, 0.717) is 66.6 Å². The van der Waals surface area contributed by atoms with Crippen molar-refractivity contribution in [3.05, 3.63) is 70.9 Å². The highest BCUT2D eigenvalue weighted by atomic mass is 16.5. The Bertz CT molecular complexity index is 1180. The third kappa shape index (κ3) is 5.75. The Morgan fingerprint density at radius 2 is 1.61 bits per heavy atom. The first-order chi connectivity index (χ1) is 18.4. The molecule has 202 valence electrons. The van der Waals surface area contributed by atoms with E-state index in [9.17, 15) is 14.4 Å². The van der Waals surface area contributed by atoms with Crippen LogP contribution < -0.4 is 14.8 Å². The first-order valence-corrected chi connectivity index (χ1v) is 12.6. The van der Waals surface area contributed by atoms with Crippen LogP contribution >= 0.6 is 0 Å². The van der Waals surface area contributed by atoms with Crippen LogP contribution in [-0.2, 0) is 9.53 Å². The van der Waals surface area contributed by atoms with Crippen LogP contribution in [-0.4, -0.2) is 93.2 Å². The Balaban J connectivity index is 1.62. The number of esters is 1. The first kappa shape index (κ1) is 27.0. The second-order valence-electron chi connectivity index (χ2n) is 9.10. The number of benzene rings is 2. The van der Waals surface area contributed by atoms with Gasteiger partial charge in [0.05, 0.1) is 32.4 Å². The van der Waals surface area contributed by atoms with Crippen molar-refractivity contribution in [2.24, 2.45) is 0 Å². The fourth-order valence-electron chi connectivity index (χ4n) is 4.73. The number of urea groups is 1. The third-order valence-electron chi connectivity index (χ3n) is 6.83. The SMILES string of the molecule is CCOC(=O)C1=C(CN2CCN(C(=O)c3ccccc3)CC2)N(C)C(=O)N[C@H]1c1cc(OC)cc(OC)c1. The Labute approximate surface area is 222 Å². The van der Waals surface area contributed by atoms with Crippen molar-refractivity contribution < 1.29 is 28.6 Å². The predicted octanol–water partition coefficient (Wildman–Crippen LogP) is 2.68. The van der Waals surface area contributed by atoms with Crippen LogP contribution in [0.5, 0.6) is 11.5 Å². The number of hydrogen-bond donors (Lipinski definition) is 1. The maximum atomic E-state index is 13.3. The molecule has 2 aliphatic rings. The van der Waals surface area contributed by atoms with E-state index in [1.165, 1.54) is 4.90 Å². The minimum absolute atomic E-state index is 0.00197. The topological polar surface area (TPSA) is 101 Å². The highest BCUT2D eigenvalue weighted by Gasteiger charge is 2.38. The summed E-state index contributed by atoms with van der Waals surface area (Å²) < 4.78 is 16.3. The molecule has 0 spiro atoms. The molecule has 1 saturated heterocycles. The Morgan fingerprint density at radius 3 is 2.18 bits per heavy atom. The molecule has 0 unspecified atom stereocenters. The van der Waals surface area contributed by atoms with Crippen LogP contribution in [0.3, 0.4) is 0 Å². The van der Waals surface area contributed by atoms with E-state index in [2.05, 4.69) is 10.2 Å². The molecule has 38 heavy (non-hydrogen) atoms. The number of methoxy groups -OCH3 is 2. The van der Waals surface area contributed by atoms with Crippen molar-refractivity contribution in [3.8, 4) is 11.5 Å². The number of ether oxygens (including phenoxy) is 3. The molecule has 3 amide bonds. The van der Waals surface area contributed by atoms with E-state index in [1.807, 2.05) is 35.2 Å². The molecule has 4 rings (SSSR count). The largest absolute Gasteiger partial charge is 0.497 e. The molecule has 2 aromatic carbocycles. The zero-order chi connectivity index (χ0) is 27.2. The predicted molar refractivity (Wildman–Crippen MR) is 141 cm³/mol. The van der Waals surface area contributed by atoms with Crippen LogP contribution in [0, 0.1) is 0 Å². The van der Waals surface area contributed by atoms with Gasteiger partial charge in [0.1, 0.15) is 11.5 Å². The van der Waals surface area contributed by atoms with Gasteiger partial charge in [0.15, 0.2) is 0 Å². The molecule has 0 saturated carbocycles. The van der Waals surface area contributed by atoms with Crippen molar-refractivity contribution >= 4 is 17.9 Å². The minimum atomic E-state index is -0.752. The Morgan fingerprint density at radius 1 is 0.974 bits per heavy atom. The maximum absolute atomic E-state index is 13.3. The van der Waals surface area contributed by atoms with Gasteiger partial charge in [-0.3, -0.25) is 14.6 Å².